The van der Waals surface area contributed by atoms with Gasteiger partial charge in [0.05, 0.1) is 23.2 Å². The van der Waals surface area contributed by atoms with Gasteiger partial charge in [-0.25, -0.2) is 13.4 Å². The first-order chi connectivity index (χ1) is 17.1. The molecule has 2 aliphatic heterocycles. The lowest BCUT2D eigenvalue weighted by molar-refractivity contribution is 0.0610. The van der Waals surface area contributed by atoms with Gasteiger partial charge in [-0.3, -0.25) is 14.5 Å². The number of rotatable bonds is 8. The number of anilines is 3. The van der Waals surface area contributed by atoms with Crippen molar-refractivity contribution in [2.75, 3.05) is 67.6 Å². The molecule has 1 aromatic heterocycles. The van der Waals surface area contributed by atoms with Crippen molar-refractivity contribution in [3.05, 3.63) is 47.1 Å². The summed E-state index contributed by atoms with van der Waals surface area (Å²) in [5.74, 6) is 0.726. The van der Waals surface area contributed by atoms with Crippen LogP contribution >= 0.6 is 11.6 Å². The van der Waals surface area contributed by atoms with E-state index in [1.54, 1.807) is 12.3 Å². The van der Waals surface area contributed by atoms with Crippen LogP contribution in [0.4, 0.5) is 17.2 Å². The summed E-state index contributed by atoms with van der Waals surface area (Å²) in [4.78, 5) is 14.1. The molecule has 8 nitrogen and oxygen atoms in total. The predicted molar refractivity (Wildman–Crippen MR) is 150 cm³/mol. The Labute approximate surface area is 221 Å². The van der Waals surface area contributed by atoms with Gasteiger partial charge in [-0.05, 0) is 56.1 Å². The zero-order valence-electron chi connectivity index (χ0n) is 21.8. The zero-order chi connectivity index (χ0) is 25.9. The van der Waals surface area contributed by atoms with Crippen molar-refractivity contribution in [2.45, 2.75) is 44.8 Å². The number of pyridine rings is 1. The molecule has 198 valence electrons. The summed E-state index contributed by atoms with van der Waals surface area (Å²) < 4.78 is 25.5. The van der Waals surface area contributed by atoms with Crippen LogP contribution in [0.2, 0.25) is 5.02 Å². The lowest BCUT2D eigenvalue weighted by atomic mass is 9.98. The van der Waals surface area contributed by atoms with E-state index < -0.39 is 10.0 Å². The molecule has 0 bridgehead atoms. The first kappa shape index (κ1) is 27.0. The largest absolute Gasteiger partial charge is 0.378 e. The summed E-state index contributed by atoms with van der Waals surface area (Å²) in [6, 6.07) is 11.6. The monoisotopic (exact) mass is 534 g/mol. The summed E-state index contributed by atoms with van der Waals surface area (Å²) >= 11 is 6.51. The smallest absolute Gasteiger partial charge is 0.229 e. The molecule has 2 aromatic rings. The van der Waals surface area contributed by atoms with Crippen molar-refractivity contribution >= 4 is 38.8 Å². The van der Waals surface area contributed by atoms with Gasteiger partial charge in [-0.2, -0.15) is 0 Å². The van der Waals surface area contributed by atoms with E-state index in [0.717, 1.165) is 57.8 Å². The Hall–Kier alpha value is -2.07. The molecule has 2 saturated heterocycles. The van der Waals surface area contributed by atoms with Gasteiger partial charge < -0.3 is 9.80 Å². The van der Waals surface area contributed by atoms with Gasteiger partial charge >= 0.3 is 0 Å². The summed E-state index contributed by atoms with van der Waals surface area (Å²) in [6.45, 7) is 8.23. The summed E-state index contributed by atoms with van der Waals surface area (Å²) in [5, 5.41) is 0.471. The maximum atomic E-state index is 11.5. The van der Waals surface area contributed by atoms with E-state index in [2.05, 4.69) is 74.6 Å². The van der Waals surface area contributed by atoms with Crippen molar-refractivity contribution < 1.29 is 8.42 Å². The lowest BCUT2D eigenvalue weighted by Crippen LogP contribution is -2.58. The van der Waals surface area contributed by atoms with Crippen molar-refractivity contribution in [1.82, 2.24) is 14.8 Å². The van der Waals surface area contributed by atoms with Gasteiger partial charge in [0, 0.05) is 58.0 Å². The molecule has 0 aliphatic carbocycles. The normalized spacial score (nSPS) is 20.5. The minimum atomic E-state index is -3.37. The molecule has 36 heavy (non-hydrogen) atoms. The number of halogens is 1. The highest BCUT2D eigenvalue weighted by molar-refractivity contribution is 7.92. The van der Waals surface area contributed by atoms with Crippen LogP contribution < -0.4 is 14.5 Å². The fraction of sp³-hybridized carbons (Fsp3) is 0.577. The fourth-order valence-corrected chi connectivity index (χ4v) is 6.23. The first-order valence-electron chi connectivity index (χ1n) is 12.8. The Morgan fingerprint density at radius 2 is 1.81 bits per heavy atom. The van der Waals surface area contributed by atoms with Crippen LogP contribution in [0.3, 0.4) is 0 Å². The van der Waals surface area contributed by atoms with Gasteiger partial charge in [-0.1, -0.05) is 30.7 Å². The van der Waals surface area contributed by atoms with Crippen LogP contribution in [0.5, 0.6) is 0 Å². The lowest BCUT2D eigenvalue weighted by Gasteiger charge is -2.47. The second-order valence-corrected chi connectivity index (χ2v) is 12.4. The molecule has 3 heterocycles. The zero-order valence-corrected chi connectivity index (χ0v) is 23.4. The van der Waals surface area contributed by atoms with Crippen LogP contribution in [-0.2, 0) is 16.6 Å². The highest BCUT2D eigenvalue weighted by Gasteiger charge is 2.34. The van der Waals surface area contributed by atoms with E-state index in [1.807, 2.05) is 0 Å². The fourth-order valence-electron chi connectivity index (χ4n) is 5.41. The molecule has 2 aliphatic rings. The molecule has 0 amide bonds. The number of piperazine rings is 1. The molecule has 1 aromatic carbocycles. The van der Waals surface area contributed by atoms with E-state index in [0.29, 0.717) is 22.8 Å². The Bertz CT molecular complexity index is 1120. The van der Waals surface area contributed by atoms with E-state index in [1.165, 1.54) is 24.1 Å². The SMILES string of the molecule is CC[C@H]1CN(c2ncc(NS(C)(=O)=O)cc2Cl)CCN1C1CCN(Cc2ccc(N(C)C)cc2)CC1. The molecule has 0 unspecified atom stereocenters. The van der Waals surface area contributed by atoms with E-state index >= 15 is 0 Å². The summed E-state index contributed by atoms with van der Waals surface area (Å²) in [5.41, 5.74) is 3.00. The summed E-state index contributed by atoms with van der Waals surface area (Å²) in [7, 11) is 0.781. The molecule has 10 heteroatoms. The maximum absolute atomic E-state index is 11.5. The van der Waals surface area contributed by atoms with Gasteiger partial charge in [0.2, 0.25) is 10.0 Å². The molecule has 0 radical (unpaired) electrons. The van der Waals surface area contributed by atoms with Crippen LogP contribution in [0.1, 0.15) is 31.7 Å². The number of hydrogen-bond donors (Lipinski definition) is 1. The third-order valence-corrected chi connectivity index (χ3v) is 8.19. The molecule has 1 N–H and O–H groups in total. The highest BCUT2D eigenvalue weighted by Crippen LogP contribution is 2.31. The Balaban J connectivity index is 1.32. The quantitative estimate of drug-likeness (QED) is 0.553. The highest BCUT2D eigenvalue weighted by atomic mass is 35.5. The third kappa shape index (κ3) is 6.82. The average Bonchev–Trinajstić information content (AvgIpc) is 2.84. The minimum Gasteiger partial charge on any atom is -0.378 e. The number of sulfonamides is 1. The second-order valence-electron chi connectivity index (χ2n) is 10.2. The standard InChI is InChI=1S/C26H39ClN6O2S/c1-5-22-19-32(26-25(27)16-21(17-28-26)29-36(4,34)35)14-15-33(22)24-10-12-31(13-11-24)18-20-6-8-23(9-7-20)30(2)3/h6-9,16-17,22,24,29H,5,10-15,18-19H2,1-4H3/t22-/m0/s1. The molecule has 0 saturated carbocycles. The third-order valence-electron chi connectivity index (χ3n) is 7.31. The first-order valence-corrected chi connectivity index (χ1v) is 15.0. The van der Waals surface area contributed by atoms with E-state index in [4.69, 9.17) is 11.6 Å². The molecule has 2 fully saturated rings. The number of hydrogen-bond acceptors (Lipinski definition) is 7. The Morgan fingerprint density at radius 3 is 2.39 bits per heavy atom. The number of aromatic nitrogens is 1. The molecule has 0 spiro atoms. The maximum Gasteiger partial charge on any atom is 0.229 e. The van der Waals surface area contributed by atoms with Crippen molar-refractivity contribution in [3.63, 3.8) is 0 Å². The van der Waals surface area contributed by atoms with Crippen LogP contribution in [0.25, 0.3) is 0 Å². The van der Waals surface area contributed by atoms with Gasteiger partial charge in [0.15, 0.2) is 0 Å². The second kappa shape index (κ2) is 11.5. The van der Waals surface area contributed by atoms with Crippen molar-refractivity contribution in [1.29, 1.82) is 0 Å². The Morgan fingerprint density at radius 1 is 1.11 bits per heavy atom. The molecular weight excluding hydrogens is 496 g/mol. The number of nitrogens with one attached hydrogen (secondary N) is 1. The topological polar surface area (TPSA) is 72.0 Å². The molecule has 1 atom stereocenters. The number of nitrogens with zero attached hydrogens (tertiary/aromatic N) is 5. The van der Waals surface area contributed by atoms with Gasteiger partial charge in [0.1, 0.15) is 5.82 Å². The number of likely N-dealkylation sites (tertiary alicyclic amines) is 1. The average molecular weight is 535 g/mol. The van der Waals surface area contributed by atoms with E-state index in [9.17, 15) is 8.42 Å². The summed E-state index contributed by atoms with van der Waals surface area (Å²) in [6.07, 6.45) is 6.11. The van der Waals surface area contributed by atoms with Crippen molar-refractivity contribution in [2.24, 2.45) is 0 Å². The predicted octanol–water partition coefficient (Wildman–Crippen LogP) is 3.74. The van der Waals surface area contributed by atoms with Crippen LogP contribution in [0, 0.1) is 0 Å². The molecule has 4 rings (SSSR count). The van der Waals surface area contributed by atoms with Gasteiger partial charge in [0.25, 0.3) is 0 Å². The minimum absolute atomic E-state index is 0.386. The van der Waals surface area contributed by atoms with Crippen molar-refractivity contribution in [3.8, 4) is 0 Å². The number of piperidine rings is 1. The Kier molecular flexibility index (Phi) is 8.65. The number of benzene rings is 1. The van der Waals surface area contributed by atoms with E-state index in [-0.39, 0.29) is 0 Å². The van der Waals surface area contributed by atoms with Gasteiger partial charge in [-0.15, -0.1) is 0 Å². The van der Waals surface area contributed by atoms with Crippen LogP contribution in [-0.4, -0.2) is 88.4 Å². The van der Waals surface area contributed by atoms with Crippen LogP contribution in [0.15, 0.2) is 36.5 Å². The molecular formula is C26H39ClN6O2S.